The Hall–Kier alpha value is -2.68. The van der Waals surface area contributed by atoms with Crippen molar-refractivity contribution in [3.05, 3.63) is 34.4 Å². The van der Waals surface area contributed by atoms with Crippen LogP contribution in [0.5, 0.6) is 0 Å². The first-order valence-electron chi connectivity index (χ1n) is 7.32. The molecule has 1 saturated heterocycles. The minimum atomic E-state index is -0.665. The molecule has 0 saturated carbocycles. The molecule has 0 aliphatic carbocycles. The number of nitro benzene ring substituents is 1. The van der Waals surface area contributed by atoms with Gasteiger partial charge in [0.05, 0.1) is 11.5 Å². The largest absolute Gasteiger partial charge is 0.458 e. The topological polar surface area (TPSA) is 117 Å². The van der Waals surface area contributed by atoms with Crippen molar-refractivity contribution in [1.29, 1.82) is 0 Å². The highest BCUT2D eigenvalue weighted by Gasteiger charge is 2.35. The lowest BCUT2D eigenvalue weighted by atomic mass is 10.1. The number of nitro groups is 1. The summed E-state index contributed by atoms with van der Waals surface area (Å²) < 4.78 is 15.9. The first-order chi connectivity index (χ1) is 11.3. The minimum absolute atomic E-state index is 0.0159. The van der Waals surface area contributed by atoms with Gasteiger partial charge in [-0.05, 0) is 12.1 Å². The lowest BCUT2D eigenvalue weighted by Gasteiger charge is -2.35. The molecule has 9 heteroatoms. The highest BCUT2D eigenvalue weighted by atomic mass is 16.6. The second-order valence-electron chi connectivity index (χ2n) is 5.30. The predicted molar refractivity (Wildman–Crippen MR) is 82.2 cm³/mol. The van der Waals surface area contributed by atoms with Gasteiger partial charge in [-0.15, -0.1) is 0 Å². The number of rotatable bonds is 5. The fraction of sp³-hybridized carbons (Fsp3) is 0.467. The molecular formula is C15H18N2O7. The summed E-state index contributed by atoms with van der Waals surface area (Å²) in [6.07, 6.45) is -1.51. The van der Waals surface area contributed by atoms with E-state index in [-0.39, 0.29) is 18.7 Å². The van der Waals surface area contributed by atoms with Crippen molar-refractivity contribution >= 4 is 23.3 Å². The van der Waals surface area contributed by atoms with Gasteiger partial charge in [0.1, 0.15) is 12.3 Å². The molecule has 0 aromatic heterocycles. The van der Waals surface area contributed by atoms with Crippen LogP contribution in [0.25, 0.3) is 0 Å². The average Bonchev–Trinajstić information content (AvgIpc) is 2.49. The summed E-state index contributed by atoms with van der Waals surface area (Å²) in [6, 6.07) is 5.85. The molecule has 1 fully saturated rings. The summed E-state index contributed by atoms with van der Waals surface area (Å²) in [5.74, 6) is -0.962. The van der Waals surface area contributed by atoms with Gasteiger partial charge in [-0.25, -0.2) is 0 Å². The Morgan fingerprint density at radius 3 is 2.29 bits per heavy atom. The second kappa shape index (κ2) is 7.73. The van der Waals surface area contributed by atoms with Crippen molar-refractivity contribution in [3.63, 3.8) is 0 Å². The van der Waals surface area contributed by atoms with Crippen LogP contribution in [-0.4, -0.2) is 41.9 Å². The van der Waals surface area contributed by atoms with Crippen molar-refractivity contribution in [2.75, 3.05) is 11.9 Å². The second-order valence-corrected chi connectivity index (χ2v) is 5.30. The number of anilines is 1. The molecule has 0 spiro atoms. The summed E-state index contributed by atoms with van der Waals surface area (Å²) in [5, 5.41) is 13.7. The van der Waals surface area contributed by atoms with Crippen molar-refractivity contribution in [3.8, 4) is 0 Å². The van der Waals surface area contributed by atoms with E-state index in [2.05, 4.69) is 5.32 Å². The zero-order chi connectivity index (χ0) is 17.7. The summed E-state index contributed by atoms with van der Waals surface area (Å²) in [5.41, 5.74) is 0.607. The van der Waals surface area contributed by atoms with Crippen LogP contribution in [0.4, 0.5) is 11.4 Å². The van der Waals surface area contributed by atoms with Crippen LogP contribution in [0.15, 0.2) is 24.3 Å². The highest BCUT2D eigenvalue weighted by molar-refractivity contribution is 5.67. The van der Waals surface area contributed by atoms with E-state index in [0.717, 1.165) is 0 Å². The average molecular weight is 338 g/mol. The molecular weight excluding hydrogens is 320 g/mol. The summed E-state index contributed by atoms with van der Waals surface area (Å²) in [4.78, 5) is 32.5. The molecule has 1 heterocycles. The van der Waals surface area contributed by atoms with Crippen LogP contribution in [0.2, 0.25) is 0 Å². The quantitative estimate of drug-likeness (QED) is 0.489. The predicted octanol–water partition coefficient (Wildman–Crippen LogP) is 1.62. The Balaban J connectivity index is 2.00. The SMILES string of the molecule is CC(=O)OC1COC(Nc2ccc([N+](=O)[O-])cc2)CC1OC(C)=O. The lowest BCUT2D eigenvalue weighted by molar-refractivity contribution is -0.384. The molecule has 9 nitrogen and oxygen atoms in total. The Morgan fingerprint density at radius 2 is 1.75 bits per heavy atom. The highest BCUT2D eigenvalue weighted by Crippen LogP contribution is 2.23. The Morgan fingerprint density at radius 1 is 1.17 bits per heavy atom. The van der Waals surface area contributed by atoms with Gasteiger partial charge in [-0.3, -0.25) is 19.7 Å². The summed E-state index contributed by atoms with van der Waals surface area (Å²) >= 11 is 0. The fourth-order valence-corrected chi connectivity index (χ4v) is 2.38. The van der Waals surface area contributed by atoms with E-state index in [1.54, 1.807) is 12.1 Å². The van der Waals surface area contributed by atoms with Crippen molar-refractivity contribution < 1.29 is 28.7 Å². The third-order valence-electron chi connectivity index (χ3n) is 3.36. The van der Waals surface area contributed by atoms with Crippen molar-refractivity contribution in [2.24, 2.45) is 0 Å². The molecule has 0 amide bonds. The third-order valence-corrected chi connectivity index (χ3v) is 3.36. The van der Waals surface area contributed by atoms with Crippen LogP contribution in [0.1, 0.15) is 20.3 Å². The van der Waals surface area contributed by atoms with Crippen LogP contribution in [0.3, 0.4) is 0 Å². The van der Waals surface area contributed by atoms with Gasteiger partial charge in [-0.1, -0.05) is 0 Å². The van der Waals surface area contributed by atoms with Gasteiger partial charge in [0, 0.05) is 38.1 Å². The standard InChI is InChI=1S/C15H18N2O7/c1-9(18)23-13-7-15(22-8-14(13)24-10(2)19)16-11-3-5-12(6-4-11)17(20)21/h3-6,13-16H,7-8H2,1-2H3. The van der Waals surface area contributed by atoms with Gasteiger partial charge < -0.3 is 19.5 Å². The van der Waals surface area contributed by atoms with Crippen LogP contribution < -0.4 is 5.32 Å². The van der Waals surface area contributed by atoms with Gasteiger partial charge in [0.15, 0.2) is 6.10 Å². The van der Waals surface area contributed by atoms with E-state index >= 15 is 0 Å². The first-order valence-corrected chi connectivity index (χ1v) is 7.32. The maximum atomic E-state index is 11.2. The third kappa shape index (κ3) is 4.92. The molecule has 3 atom stereocenters. The van der Waals surface area contributed by atoms with Crippen molar-refractivity contribution in [2.45, 2.75) is 38.7 Å². The molecule has 1 aliphatic rings. The maximum absolute atomic E-state index is 11.2. The molecule has 2 rings (SSSR count). The number of esters is 2. The van der Waals surface area contributed by atoms with Gasteiger partial charge in [0.25, 0.3) is 5.69 Å². The number of non-ortho nitro benzene ring substituents is 1. The Labute approximate surface area is 138 Å². The number of benzene rings is 1. The Bertz CT molecular complexity index is 617. The number of carbonyl (C=O) groups excluding carboxylic acids is 2. The van der Waals surface area contributed by atoms with E-state index in [1.165, 1.54) is 26.0 Å². The molecule has 130 valence electrons. The van der Waals surface area contributed by atoms with Crippen LogP contribution >= 0.6 is 0 Å². The van der Waals surface area contributed by atoms with Crippen LogP contribution in [0, 0.1) is 10.1 Å². The smallest absolute Gasteiger partial charge is 0.303 e. The fourth-order valence-electron chi connectivity index (χ4n) is 2.38. The van der Waals surface area contributed by atoms with E-state index in [1.807, 2.05) is 0 Å². The summed E-state index contributed by atoms with van der Waals surface area (Å²) in [6.45, 7) is 2.62. The molecule has 24 heavy (non-hydrogen) atoms. The summed E-state index contributed by atoms with van der Waals surface area (Å²) in [7, 11) is 0. The molecule has 0 radical (unpaired) electrons. The molecule has 1 aromatic rings. The van der Waals surface area contributed by atoms with E-state index in [0.29, 0.717) is 5.69 Å². The molecule has 1 N–H and O–H groups in total. The van der Waals surface area contributed by atoms with E-state index < -0.39 is 35.3 Å². The van der Waals surface area contributed by atoms with E-state index in [9.17, 15) is 19.7 Å². The monoisotopic (exact) mass is 338 g/mol. The lowest BCUT2D eigenvalue weighted by Crippen LogP contribution is -2.48. The molecule has 1 aliphatic heterocycles. The minimum Gasteiger partial charge on any atom is -0.458 e. The molecule has 0 bridgehead atoms. The van der Waals surface area contributed by atoms with Gasteiger partial charge in [-0.2, -0.15) is 0 Å². The Kier molecular flexibility index (Phi) is 5.69. The van der Waals surface area contributed by atoms with E-state index in [4.69, 9.17) is 14.2 Å². The number of nitrogens with one attached hydrogen (secondary N) is 1. The van der Waals surface area contributed by atoms with Gasteiger partial charge in [0.2, 0.25) is 0 Å². The van der Waals surface area contributed by atoms with Crippen LogP contribution in [-0.2, 0) is 23.8 Å². The first kappa shape index (κ1) is 17.7. The van der Waals surface area contributed by atoms with Crippen molar-refractivity contribution in [1.82, 2.24) is 0 Å². The number of hydrogen-bond acceptors (Lipinski definition) is 8. The maximum Gasteiger partial charge on any atom is 0.303 e. The zero-order valence-corrected chi connectivity index (χ0v) is 13.3. The number of hydrogen-bond donors (Lipinski definition) is 1. The number of nitrogens with zero attached hydrogens (tertiary/aromatic N) is 1. The zero-order valence-electron chi connectivity index (χ0n) is 13.3. The normalized spacial score (nSPS) is 23.2. The number of ether oxygens (including phenoxy) is 3. The van der Waals surface area contributed by atoms with Gasteiger partial charge >= 0.3 is 11.9 Å². The molecule has 1 aromatic carbocycles. The molecule has 3 unspecified atom stereocenters. The number of carbonyl (C=O) groups is 2.